The lowest BCUT2D eigenvalue weighted by Gasteiger charge is -2.20. The molecule has 1 aliphatic heterocycles. The Morgan fingerprint density at radius 2 is 2.35 bits per heavy atom. The lowest BCUT2D eigenvalue weighted by molar-refractivity contribution is 0.0527. The molecule has 0 aromatic heterocycles. The van der Waals surface area contributed by atoms with E-state index >= 15 is 0 Å². The van der Waals surface area contributed by atoms with Gasteiger partial charge in [0.05, 0.1) is 12.2 Å². The summed E-state index contributed by atoms with van der Waals surface area (Å²) in [5.41, 5.74) is 7.61. The van der Waals surface area contributed by atoms with Gasteiger partial charge in [-0.05, 0) is 51.6 Å². The number of hydrogen-bond donors (Lipinski definition) is 2. The summed E-state index contributed by atoms with van der Waals surface area (Å²) in [5.74, 6) is -0.369. The maximum absolute atomic E-state index is 11.8. The highest BCUT2D eigenvalue weighted by molar-refractivity contribution is 5.96. The second-order valence-corrected chi connectivity index (χ2v) is 5.18. The van der Waals surface area contributed by atoms with Gasteiger partial charge in [-0.15, -0.1) is 0 Å². The Hall–Kier alpha value is -1.75. The summed E-state index contributed by atoms with van der Waals surface area (Å²) in [4.78, 5) is 14.1. The minimum absolute atomic E-state index is 0.350. The van der Waals surface area contributed by atoms with Gasteiger partial charge in [-0.25, -0.2) is 4.79 Å². The van der Waals surface area contributed by atoms with Crippen molar-refractivity contribution >= 4 is 17.3 Å². The third-order valence-corrected chi connectivity index (χ3v) is 3.76. The van der Waals surface area contributed by atoms with Crippen molar-refractivity contribution in [2.45, 2.75) is 25.8 Å². The van der Waals surface area contributed by atoms with Crippen LogP contribution in [-0.2, 0) is 4.74 Å². The summed E-state index contributed by atoms with van der Waals surface area (Å²) in [6.07, 6.45) is 2.46. The third kappa shape index (κ3) is 3.42. The second-order valence-electron chi connectivity index (χ2n) is 5.18. The average molecular weight is 277 g/mol. The van der Waals surface area contributed by atoms with E-state index in [0.29, 0.717) is 23.9 Å². The van der Waals surface area contributed by atoms with Gasteiger partial charge in [-0.1, -0.05) is 0 Å². The van der Waals surface area contributed by atoms with Gasteiger partial charge in [-0.2, -0.15) is 0 Å². The number of carbonyl (C=O) groups is 1. The Morgan fingerprint density at radius 1 is 1.55 bits per heavy atom. The number of carbonyl (C=O) groups excluding carboxylic acids is 1. The Morgan fingerprint density at radius 3 is 3.00 bits per heavy atom. The second kappa shape index (κ2) is 6.61. The molecule has 1 aliphatic rings. The molecule has 2 rings (SSSR count). The highest BCUT2D eigenvalue weighted by Gasteiger charge is 2.20. The van der Waals surface area contributed by atoms with Crippen LogP contribution in [0.4, 0.5) is 11.4 Å². The van der Waals surface area contributed by atoms with Gasteiger partial charge < -0.3 is 20.7 Å². The molecule has 1 unspecified atom stereocenters. The summed E-state index contributed by atoms with van der Waals surface area (Å²) in [7, 11) is 2.15. The largest absolute Gasteiger partial charge is 0.462 e. The summed E-state index contributed by atoms with van der Waals surface area (Å²) in [5, 5.41) is 3.38. The van der Waals surface area contributed by atoms with E-state index < -0.39 is 0 Å². The number of nitrogens with zero attached hydrogens (tertiary/aromatic N) is 1. The Bertz CT molecular complexity index is 476. The Labute approximate surface area is 120 Å². The molecule has 1 saturated heterocycles. The molecular weight excluding hydrogens is 254 g/mol. The zero-order valence-electron chi connectivity index (χ0n) is 12.2. The van der Waals surface area contributed by atoms with Gasteiger partial charge >= 0.3 is 5.97 Å². The molecule has 0 radical (unpaired) electrons. The van der Waals surface area contributed by atoms with E-state index in [9.17, 15) is 4.79 Å². The lowest BCUT2D eigenvalue weighted by Crippen LogP contribution is -2.31. The highest BCUT2D eigenvalue weighted by atomic mass is 16.5. The SMILES string of the molecule is CCOC(=O)c1cc(NCC2CCCN2C)ccc1N. The van der Waals surface area contributed by atoms with Crippen molar-refractivity contribution in [2.75, 3.05) is 37.8 Å². The van der Waals surface area contributed by atoms with Crippen LogP contribution in [0.5, 0.6) is 0 Å². The number of benzene rings is 1. The van der Waals surface area contributed by atoms with Crippen molar-refractivity contribution in [3.63, 3.8) is 0 Å². The van der Waals surface area contributed by atoms with E-state index in [4.69, 9.17) is 10.5 Å². The summed E-state index contributed by atoms with van der Waals surface area (Å²) in [6.45, 7) is 4.17. The van der Waals surface area contributed by atoms with E-state index in [-0.39, 0.29) is 5.97 Å². The van der Waals surface area contributed by atoms with Crippen LogP contribution in [0.1, 0.15) is 30.1 Å². The first-order valence-corrected chi connectivity index (χ1v) is 7.12. The smallest absolute Gasteiger partial charge is 0.340 e. The number of nitrogens with two attached hydrogens (primary N) is 1. The van der Waals surface area contributed by atoms with Gasteiger partial charge in [0.25, 0.3) is 0 Å². The predicted octanol–water partition coefficient (Wildman–Crippen LogP) is 1.95. The molecule has 0 spiro atoms. The van der Waals surface area contributed by atoms with Gasteiger partial charge in [0.2, 0.25) is 0 Å². The average Bonchev–Trinajstić information content (AvgIpc) is 2.83. The van der Waals surface area contributed by atoms with Crippen LogP contribution >= 0.6 is 0 Å². The monoisotopic (exact) mass is 277 g/mol. The van der Waals surface area contributed by atoms with Gasteiger partial charge in [0, 0.05) is 24.0 Å². The van der Waals surface area contributed by atoms with Crippen molar-refractivity contribution in [3.05, 3.63) is 23.8 Å². The number of likely N-dealkylation sites (N-methyl/N-ethyl adjacent to an activating group) is 1. The van der Waals surface area contributed by atoms with E-state index in [1.807, 2.05) is 6.07 Å². The zero-order chi connectivity index (χ0) is 14.5. The van der Waals surface area contributed by atoms with Crippen LogP contribution in [0.2, 0.25) is 0 Å². The van der Waals surface area contributed by atoms with Crippen LogP contribution in [0.25, 0.3) is 0 Å². The number of rotatable bonds is 5. The molecule has 1 heterocycles. The molecule has 1 aromatic rings. The first-order valence-electron chi connectivity index (χ1n) is 7.12. The first kappa shape index (κ1) is 14.7. The topological polar surface area (TPSA) is 67.6 Å². The molecule has 1 aromatic carbocycles. The molecule has 20 heavy (non-hydrogen) atoms. The van der Waals surface area contributed by atoms with E-state index in [0.717, 1.165) is 18.8 Å². The fraction of sp³-hybridized carbons (Fsp3) is 0.533. The van der Waals surface area contributed by atoms with Crippen LogP contribution < -0.4 is 11.1 Å². The lowest BCUT2D eigenvalue weighted by atomic mass is 10.1. The molecule has 3 N–H and O–H groups in total. The van der Waals surface area contributed by atoms with Crippen molar-refractivity contribution in [3.8, 4) is 0 Å². The van der Waals surface area contributed by atoms with Gasteiger partial charge in [0.1, 0.15) is 0 Å². The van der Waals surface area contributed by atoms with E-state index in [2.05, 4.69) is 17.3 Å². The molecule has 0 bridgehead atoms. The molecule has 5 nitrogen and oxygen atoms in total. The van der Waals surface area contributed by atoms with Crippen LogP contribution in [-0.4, -0.2) is 43.7 Å². The number of hydrogen-bond acceptors (Lipinski definition) is 5. The molecule has 5 heteroatoms. The molecule has 0 aliphatic carbocycles. The molecular formula is C15H23N3O2. The van der Waals surface area contributed by atoms with Crippen molar-refractivity contribution < 1.29 is 9.53 Å². The number of ether oxygens (including phenoxy) is 1. The zero-order valence-corrected chi connectivity index (χ0v) is 12.2. The maximum Gasteiger partial charge on any atom is 0.340 e. The molecule has 1 atom stereocenters. The predicted molar refractivity (Wildman–Crippen MR) is 81.0 cm³/mol. The van der Waals surface area contributed by atoms with Gasteiger partial charge in [0.15, 0.2) is 0 Å². The number of nitrogen functional groups attached to an aromatic ring is 1. The Kier molecular flexibility index (Phi) is 4.84. The molecule has 110 valence electrons. The Balaban J connectivity index is 2.01. The molecule has 0 saturated carbocycles. The number of esters is 1. The summed E-state index contributed by atoms with van der Waals surface area (Å²) >= 11 is 0. The van der Waals surface area contributed by atoms with Crippen LogP contribution in [0.3, 0.4) is 0 Å². The molecule has 0 amide bonds. The normalized spacial score (nSPS) is 19.0. The summed E-state index contributed by atoms with van der Waals surface area (Å²) in [6, 6.07) is 5.96. The fourth-order valence-corrected chi connectivity index (χ4v) is 2.52. The first-order chi connectivity index (χ1) is 9.61. The number of anilines is 2. The van der Waals surface area contributed by atoms with Gasteiger partial charge in [-0.3, -0.25) is 0 Å². The number of likely N-dealkylation sites (tertiary alicyclic amines) is 1. The minimum Gasteiger partial charge on any atom is -0.462 e. The van der Waals surface area contributed by atoms with Crippen LogP contribution in [0.15, 0.2) is 18.2 Å². The molecule has 1 fully saturated rings. The van der Waals surface area contributed by atoms with Crippen molar-refractivity contribution in [1.29, 1.82) is 0 Å². The standard InChI is InChI=1S/C15H23N3O2/c1-3-20-15(19)13-9-11(6-7-14(13)16)17-10-12-5-4-8-18(12)2/h6-7,9,12,17H,3-5,8,10,16H2,1-2H3. The third-order valence-electron chi connectivity index (χ3n) is 3.76. The quantitative estimate of drug-likeness (QED) is 0.636. The van der Waals surface area contributed by atoms with E-state index in [1.54, 1.807) is 19.1 Å². The van der Waals surface area contributed by atoms with Crippen LogP contribution in [0, 0.1) is 0 Å². The van der Waals surface area contributed by atoms with Crippen molar-refractivity contribution in [2.24, 2.45) is 0 Å². The summed E-state index contributed by atoms with van der Waals surface area (Å²) < 4.78 is 5.00. The highest BCUT2D eigenvalue weighted by Crippen LogP contribution is 2.20. The number of nitrogens with one attached hydrogen (secondary N) is 1. The van der Waals surface area contributed by atoms with Crippen molar-refractivity contribution in [1.82, 2.24) is 4.90 Å². The van der Waals surface area contributed by atoms with E-state index in [1.165, 1.54) is 12.8 Å². The fourth-order valence-electron chi connectivity index (χ4n) is 2.52. The maximum atomic E-state index is 11.8. The minimum atomic E-state index is -0.369.